The maximum atomic E-state index is 12.7. The first-order valence-electron chi connectivity index (χ1n) is 10.8. The number of hydrogen-bond acceptors (Lipinski definition) is 10. The average Bonchev–Trinajstić information content (AvgIpc) is 3.36. The maximum absolute atomic E-state index is 12.7. The van der Waals surface area contributed by atoms with E-state index in [1.807, 2.05) is 30.3 Å². The predicted octanol–water partition coefficient (Wildman–Crippen LogP) is 3.85. The molecule has 0 bridgehead atoms. The van der Waals surface area contributed by atoms with E-state index in [1.54, 1.807) is 32.4 Å². The molecule has 0 saturated carbocycles. The number of nitrogens with zero attached hydrogens (tertiary/aromatic N) is 3. The number of rotatable bonds is 11. The van der Waals surface area contributed by atoms with Crippen LogP contribution in [0.5, 0.6) is 5.75 Å². The van der Waals surface area contributed by atoms with Crippen LogP contribution in [0.1, 0.15) is 45.3 Å². The van der Waals surface area contributed by atoms with E-state index in [1.165, 1.54) is 11.8 Å². The third-order valence-electron chi connectivity index (χ3n) is 4.71. The first-order valence-corrected chi connectivity index (χ1v) is 12.6. The molecule has 0 spiro atoms. The monoisotopic (exact) mass is 518 g/mol. The lowest BCUT2D eigenvalue weighted by atomic mass is 10.1. The summed E-state index contributed by atoms with van der Waals surface area (Å²) in [6, 6.07) is 9.36. The van der Waals surface area contributed by atoms with E-state index in [-0.39, 0.29) is 46.9 Å². The number of benzene rings is 1. The number of ether oxygens (including phenoxy) is 3. The van der Waals surface area contributed by atoms with Gasteiger partial charge < -0.3 is 24.1 Å². The number of amides is 1. The van der Waals surface area contributed by atoms with Crippen molar-refractivity contribution in [2.75, 3.05) is 24.3 Å². The quantitative estimate of drug-likeness (QED) is 0.298. The standard InChI is InChI=1S/C23H26N4O6S2/c1-5-31-21(29)18-14(3)19(22(30)32-6-2)35-20(18)24-17(28)13-34-23-26-25-16(27(23)4)12-33-15-10-8-7-9-11-15/h7-11H,5-6,12-13H2,1-4H3,(H,24,28). The largest absolute Gasteiger partial charge is 0.486 e. The summed E-state index contributed by atoms with van der Waals surface area (Å²) in [5, 5.41) is 11.7. The van der Waals surface area contributed by atoms with Gasteiger partial charge in [-0.15, -0.1) is 21.5 Å². The van der Waals surface area contributed by atoms with Gasteiger partial charge in [-0.2, -0.15) is 0 Å². The fourth-order valence-corrected chi connectivity index (χ4v) is 4.83. The molecule has 2 heterocycles. The summed E-state index contributed by atoms with van der Waals surface area (Å²) >= 11 is 2.17. The summed E-state index contributed by atoms with van der Waals surface area (Å²) in [6.07, 6.45) is 0. The Labute approximate surface area is 211 Å². The molecule has 10 nitrogen and oxygen atoms in total. The molecule has 3 aromatic rings. The Morgan fingerprint density at radius 2 is 1.74 bits per heavy atom. The molecular formula is C23H26N4O6S2. The maximum Gasteiger partial charge on any atom is 0.348 e. The molecule has 0 unspecified atom stereocenters. The van der Waals surface area contributed by atoms with E-state index in [2.05, 4.69) is 15.5 Å². The van der Waals surface area contributed by atoms with Crippen molar-refractivity contribution < 1.29 is 28.6 Å². The molecule has 0 atom stereocenters. The molecule has 0 radical (unpaired) electrons. The van der Waals surface area contributed by atoms with Crippen LogP contribution in [0.4, 0.5) is 5.00 Å². The Hall–Kier alpha value is -3.38. The normalized spacial score (nSPS) is 10.6. The molecule has 0 aliphatic rings. The zero-order valence-corrected chi connectivity index (χ0v) is 21.5. The van der Waals surface area contributed by atoms with Gasteiger partial charge in [-0.05, 0) is 38.5 Å². The number of anilines is 1. The summed E-state index contributed by atoms with van der Waals surface area (Å²) in [5.41, 5.74) is 0.559. The van der Waals surface area contributed by atoms with Crippen LogP contribution in [0.2, 0.25) is 0 Å². The van der Waals surface area contributed by atoms with E-state index in [4.69, 9.17) is 14.2 Å². The second-order valence-electron chi connectivity index (χ2n) is 7.10. The third-order valence-corrected chi connectivity index (χ3v) is 6.92. The molecule has 1 N–H and O–H groups in total. The summed E-state index contributed by atoms with van der Waals surface area (Å²) in [6.45, 7) is 5.58. The van der Waals surface area contributed by atoms with Crippen molar-refractivity contribution in [3.63, 3.8) is 0 Å². The molecule has 2 aromatic heterocycles. The minimum Gasteiger partial charge on any atom is -0.486 e. The topological polar surface area (TPSA) is 122 Å². The molecule has 0 saturated heterocycles. The van der Waals surface area contributed by atoms with Crippen molar-refractivity contribution in [1.82, 2.24) is 14.8 Å². The van der Waals surface area contributed by atoms with Crippen LogP contribution < -0.4 is 10.1 Å². The van der Waals surface area contributed by atoms with Crippen molar-refractivity contribution in [3.8, 4) is 5.75 Å². The number of carbonyl (C=O) groups excluding carboxylic acids is 3. The smallest absolute Gasteiger partial charge is 0.348 e. The zero-order chi connectivity index (χ0) is 25.4. The highest BCUT2D eigenvalue weighted by Crippen LogP contribution is 2.34. The molecule has 0 aliphatic heterocycles. The fraction of sp³-hybridized carbons (Fsp3) is 0.348. The number of esters is 2. The van der Waals surface area contributed by atoms with Gasteiger partial charge in [0.25, 0.3) is 0 Å². The van der Waals surface area contributed by atoms with Crippen molar-refractivity contribution in [2.45, 2.75) is 32.5 Å². The lowest BCUT2D eigenvalue weighted by Crippen LogP contribution is -2.17. The van der Waals surface area contributed by atoms with Gasteiger partial charge in [-0.3, -0.25) is 4.79 Å². The number of para-hydroxylation sites is 1. The SMILES string of the molecule is CCOC(=O)c1sc(NC(=O)CSc2nnc(COc3ccccc3)n2C)c(C(=O)OCC)c1C. The Morgan fingerprint density at radius 3 is 2.43 bits per heavy atom. The van der Waals surface area contributed by atoms with Gasteiger partial charge in [0.15, 0.2) is 11.0 Å². The Bertz CT molecular complexity index is 1190. The minimum absolute atomic E-state index is 0.0134. The van der Waals surface area contributed by atoms with Crippen molar-refractivity contribution in [3.05, 3.63) is 52.2 Å². The first kappa shape index (κ1) is 26.2. The van der Waals surface area contributed by atoms with Crippen LogP contribution in [-0.2, 0) is 27.9 Å². The summed E-state index contributed by atoms with van der Waals surface area (Å²) < 4.78 is 17.6. The Kier molecular flexibility index (Phi) is 9.26. The van der Waals surface area contributed by atoms with Crippen LogP contribution >= 0.6 is 23.1 Å². The van der Waals surface area contributed by atoms with Gasteiger partial charge in [0, 0.05) is 7.05 Å². The van der Waals surface area contributed by atoms with E-state index < -0.39 is 11.9 Å². The number of thiophene rings is 1. The molecule has 35 heavy (non-hydrogen) atoms. The Balaban J connectivity index is 1.66. The summed E-state index contributed by atoms with van der Waals surface area (Å²) in [4.78, 5) is 37.7. The number of carbonyl (C=O) groups is 3. The van der Waals surface area contributed by atoms with Gasteiger partial charge in [0.1, 0.15) is 22.2 Å². The van der Waals surface area contributed by atoms with Crippen molar-refractivity contribution >= 4 is 45.9 Å². The van der Waals surface area contributed by atoms with Gasteiger partial charge in [-0.1, -0.05) is 30.0 Å². The van der Waals surface area contributed by atoms with E-state index >= 15 is 0 Å². The lowest BCUT2D eigenvalue weighted by molar-refractivity contribution is -0.113. The molecule has 3 rings (SSSR count). The molecule has 1 amide bonds. The zero-order valence-electron chi connectivity index (χ0n) is 19.8. The predicted molar refractivity (Wildman–Crippen MR) is 132 cm³/mol. The van der Waals surface area contributed by atoms with E-state index in [0.29, 0.717) is 16.5 Å². The average molecular weight is 519 g/mol. The highest BCUT2D eigenvalue weighted by Gasteiger charge is 2.27. The van der Waals surface area contributed by atoms with E-state index in [9.17, 15) is 14.4 Å². The number of thioether (sulfide) groups is 1. The molecule has 12 heteroatoms. The van der Waals surface area contributed by atoms with Crippen LogP contribution in [0, 0.1) is 6.92 Å². The first-order chi connectivity index (χ1) is 16.8. The third kappa shape index (κ3) is 6.61. The summed E-state index contributed by atoms with van der Waals surface area (Å²) in [7, 11) is 1.79. The highest BCUT2D eigenvalue weighted by atomic mass is 32.2. The number of hydrogen-bond donors (Lipinski definition) is 1. The molecular weight excluding hydrogens is 492 g/mol. The second kappa shape index (κ2) is 12.4. The van der Waals surface area contributed by atoms with Gasteiger partial charge in [0.05, 0.1) is 24.5 Å². The lowest BCUT2D eigenvalue weighted by Gasteiger charge is -2.08. The molecule has 186 valence electrons. The van der Waals surface area contributed by atoms with Crippen LogP contribution in [0.3, 0.4) is 0 Å². The van der Waals surface area contributed by atoms with Gasteiger partial charge >= 0.3 is 11.9 Å². The number of nitrogens with one attached hydrogen (secondary N) is 1. The van der Waals surface area contributed by atoms with Crippen LogP contribution in [0.15, 0.2) is 35.5 Å². The number of aromatic nitrogens is 3. The molecule has 0 aliphatic carbocycles. The van der Waals surface area contributed by atoms with E-state index in [0.717, 1.165) is 17.1 Å². The highest BCUT2D eigenvalue weighted by molar-refractivity contribution is 7.99. The fourth-order valence-electron chi connectivity index (χ4n) is 3.00. The minimum atomic E-state index is -0.615. The molecule has 0 fully saturated rings. The van der Waals surface area contributed by atoms with Crippen molar-refractivity contribution in [2.24, 2.45) is 7.05 Å². The molecule has 1 aromatic carbocycles. The van der Waals surface area contributed by atoms with Crippen LogP contribution in [-0.4, -0.2) is 51.6 Å². The van der Waals surface area contributed by atoms with Gasteiger partial charge in [0.2, 0.25) is 5.91 Å². The van der Waals surface area contributed by atoms with Crippen molar-refractivity contribution in [1.29, 1.82) is 0 Å². The second-order valence-corrected chi connectivity index (χ2v) is 9.06. The summed E-state index contributed by atoms with van der Waals surface area (Å²) in [5.74, 6) is -0.207. The Morgan fingerprint density at radius 1 is 1.06 bits per heavy atom. The van der Waals surface area contributed by atoms with Crippen LogP contribution in [0.25, 0.3) is 0 Å². The van der Waals surface area contributed by atoms with Gasteiger partial charge in [-0.25, -0.2) is 9.59 Å².